The summed E-state index contributed by atoms with van der Waals surface area (Å²) in [5, 5.41) is 12.9. The minimum Gasteiger partial charge on any atom is -0.467 e. The van der Waals surface area contributed by atoms with Crippen LogP contribution in [0.5, 0.6) is 0 Å². The maximum Gasteiger partial charge on any atom is 0.408 e. The van der Waals surface area contributed by atoms with Gasteiger partial charge in [0.15, 0.2) is 6.04 Å². The molecule has 1 rings (SSSR count). The number of ether oxygens (including phenoxy) is 4. The maximum absolute atomic E-state index is 12.1. The summed E-state index contributed by atoms with van der Waals surface area (Å²) in [4.78, 5) is 24.2. The van der Waals surface area contributed by atoms with Crippen LogP contribution in [0.3, 0.4) is 0 Å². The summed E-state index contributed by atoms with van der Waals surface area (Å²) in [6.45, 7) is 11.9. The number of carbonyl (C=O) groups excluding carboxylic acids is 2. The fourth-order valence-electron chi connectivity index (χ4n) is 3.47. The molecule has 0 aliphatic rings. The van der Waals surface area contributed by atoms with Crippen molar-refractivity contribution in [2.45, 2.75) is 78.2 Å². The summed E-state index contributed by atoms with van der Waals surface area (Å²) in [5.74, 6) is -0.278. The van der Waals surface area contributed by atoms with Crippen LogP contribution < -0.4 is 5.32 Å². The highest BCUT2D eigenvalue weighted by molar-refractivity contribution is 5.81. The molecule has 2 N–H and O–H groups in total. The normalized spacial score (nSPS) is 15.3. The summed E-state index contributed by atoms with van der Waals surface area (Å²) in [7, 11) is 1.25. The van der Waals surface area contributed by atoms with Crippen LogP contribution in [0.25, 0.3) is 0 Å². The van der Waals surface area contributed by atoms with Crippen molar-refractivity contribution in [2.75, 3.05) is 26.9 Å². The van der Waals surface area contributed by atoms with Gasteiger partial charge in [-0.15, -0.1) is 0 Å². The molecule has 4 atom stereocenters. The van der Waals surface area contributed by atoms with Crippen LogP contribution in [0.15, 0.2) is 30.3 Å². The molecule has 0 bridgehead atoms. The lowest BCUT2D eigenvalue weighted by Gasteiger charge is -2.30. The number of rotatable bonds is 14. The molecule has 0 aliphatic carbocycles. The average molecular weight is 482 g/mol. The molecule has 0 fully saturated rings. The molecule has 8 heteroatoms. The van der Waals surface area contributed by atoms with Gasteiger partial charge in [-0.05, 0) is 57.9 Å². The van der Waals surface area contributed by atoms with Gasteiger partial charge >= 0.3 is 12.1 Å². The van der Waals surface area contributed by atoms with Gasteiger partial charge in [0.05, 0.1) is 25.9 Å². The van der Waals surface area contributed by atoms with E-state index < -0.39 is 29.8 Å². The SMILES string of the molecule is COC(=O)C(COCC[C@H](Cc1ccccc1)[C@@H](OCC(C)C)[C@H](C)O)NC(=O)OC(C)(C)C. The van der Waals surface area contributed by atoms with Crippen molar-refractivity contribution in [2.24, 2.45) is 11.8 Å². The Kier molecular flexibility index (Phi) is 13.1. The zero-order chi connectivity index (χ0) is 25.7. The number of alkyl carbamates (subject to hydrolysis) is 1. The third-order valence-corrected chi connectivity index (χ3v) is 5.00. The van der Waals surface area contributed by atoms with Gasteiger partial charge < -0.3 is 29.4 Å². The van der Waals surface area contributed by atoms with Gasteiger partial charge in [0.1, 0.15) is 5.60 Å². The van der Waals surface area contributed by atoms with E-state index in [9.17, 15) is 14.7 Å². The number of aliphatic hydroxyl groups is 1. The number of methoxy groups -OCH3 is 1. The second-order valence-corrected chi connectivity index (χ2v) is 9.97. The van der Waals surface area contributed by atoms with Gasteiger partial charge in [-0.2, -0.15) is 0 Å². The van der Waals surface area contributed by atoms with Gasteiger partial charge in [0.2, 0.25) is 0 Å². The number of amides is 1. The van der Waals surface area contributed by atoms with E-state index in [2.05, 4.69) is 19.2 Å². The van der Waals surface area contributed by atoms with Gasteiger partial charge in [0, 0.05) is 13.2 Å². The van der Waals surface area contributed by atoms with Crippen molar-refractivity contribution in [3.05, 3.63) is 35.9 Å². The van der Waals surface area contributed by atoms with Gasteiger partial charge in [-0.3, -0.25) is 0 Å². The van der Waals surface area contributed by atoms with Crippen LogP contribution >= 0.6 is 0 Å². The van der Waals surface area contributed by atoms with Crippen LogP contribution in [-0.4, -0.2) is 68.0 Å². The first-order valence-electron chi connectivity index (χ1n) is 11.9. The van der Waals surface area contributed by atoms with Crippen LogP contribution in [0.2, 0.25) is 0 Å². The molecule has 0 aromatic heterocycles. The lowest BCUT2D eigenvalue weighted by atomic mass is 9.88. The Morgan fingerprint density at radius 3 is 2.24 bits per heavy atom. The number of esters is 1. The number of carbonyl (C=O) groups is 2. The first kappa shape index (κ1) is 29.9. The molecular weight excluding hydrogens is 438 g/mol. The van der Waals surface area contributed by atoms with Crippen molar-refractivity contribution in [3.8, 4) is 0 Å². The summed E-state index contributed by atoms with van der Waals surface area (Å²) in [6, 6.07) is 9.04. The Morgan fingerprint density at radius 2 is 1.71 bits per heavy atom. The second kappa shape index (κ2) is 15.0. The van der Waals surface area contributed by atoms with Crippen LogP contribution in [0, 0.1) is 11.8 Å². The lowest BCUT2D eigenvalue weighted by molar-refractivity contribution is -0.144. The van der Waals surface area contributed by atoms with Gasteiger partial charge in [-0.25, -0.2) is 9.59 Å². The van der Waals surface area contributed by atoms with Crippen molar-refractivity contribution < 1.29 is 33.6 Å². The molecule has 0 saturated heterocycles. The van der Waals surface area contributed by atoms with E-state index in [1.165, 1.54) is 7.11 Å². The fraction of sp³-hybridized carbons (Fsp3) is 0.692. The van der Waals surface area contributed by atoms with Crippen molar-refractivity contribution in [1.29, 1.82) is 0 Å². The molecule has 0 radical (unpaired) electrons. The van der Waals surface area contributed by atoms with Gasteiger partial charge in [-0.1, -0.05) is 44.2 Å². The Balaban J connectivity index is 2.78. The molecule has 1 amide bonds. The van der Waals surface area contributed by atoms with E-state index in [1.54, 1.807) is 27.7 Å². The van der Waals surface area contributed by atoms with Crippen molar-refractivity contribution in [3.63, 3.8) is 0 Å². The Labute approximate surface area is 204 Å². The number of nitrogens with one attached hydrogen (secondary N) is 1. The predicted octanol–water partition coefficient (Wildman–Crippen LogP) is 3.74. The highest BCUT2D eigenvalue weighted by Gasteiger charge is 2.28. The minimum atomic E-state index is -0.989. The minimum absolute atomic E-state index is 0.00320. The van der Waals surface area contributed by atoms with E-state index in [1.807, 2.05) is 30.3 Å². The van der Waals surface area contributed by atoms with Crippen molar-refractivity contribution in [1.82, 2.24) is 5.32 Å². The quantitative estimate of drug-likeness (QED) is 0.308. The molecule has 0 aliphatic heterocycles. The monoisotopic (exact) mass is 481 g/mol. The molecule has 1 unspecified atom stereocenters. The Hall–Kier alpha value is -2.16. The summed E-state index contributed by atoms with van der Waals surface area (Å²) in [5.41, 5.74) is 0.452. The predicted molar refractivity (Wildman–Crippen MR) is 131 cm³/mol. The molecule has 1 aromatic carbocycles. The van der Waals surface area contributed by atoms with E-state index in [0.29, 0.717) is 32.0 Å². The van der Waals surface area contributed by atoms with Crippen LogP contribution in [0.1, 0.15) is 53.5 Å². The average Bonchev–Trinajstić information content (AvgIpc) is 2.74. The molecule has 0 spiro atoms. The first-order valence-corrected chi connectivity index (χ1v) is 11.9. The smallest absolute Gasteiger partial charge is 0.408 e. The third-order valence-electron chi connectivity index (χ3n) is 5.00. The first-order chi connectivity index (χ1) is 15.9. The molecule has 1 aromatic rings. The Bertz CT molecular complexity index is 716. The summed E-state index contributed by atoms with van der Waals surface area (Å²) < 4.78 is 21.8. The molecule has 8 nitrogen and oxygen atoms in total. The van der Waals surface area contributed by atoms with Crippen LogP contribution in [-0.2, 0) is 30.2 Å². The number of hydrogen-bond acceptors (Lipinski definition) is 7. The maximum atomic E-state index is 12.1. The van der Waals surface area contributed by atoms with Gasteiger partial charge in [0.25, 0.3) is 0 Å². The largest absolute Gasteiger partial charge is 0.467 e. The molecule has 0 saturated carbocycles. The van der Waals surface area contributed by atoms with Crippen LogP contribution in [0.4, 0.5) is 4.79 Å². The van der Waals surface area contributed by atoms with E-state index in [0.717, 1.165) is 5.56 Å². The zero-order valence-corrected chi connectivity index (χ0v) is 21.7. The summed E-state index contributed by atoms with van der Waals surface area (Å²) >= 11 is 0. The molecular formula is C26H43NO7. The Morgan fingerprint density at radius 1 is 1.06 bits per heavy atom. The number of hydrogen-bond donors (Lipinski definition) is 2. The highest BCUT2D eigenvalue weighted by Crippen LogP contribution is 2.22. The standard InChI is InChI=1S/C26H43NO7/c1-18(2)16-33-23(19(3)28)21(15-20-11-9-8-10-12-20)13-14-32-17-22(24(29)31-7)27-25(30)34-26(4,5)6/h8-12,18-19,21-23,28H,13-17H2,1-7H3,(H,27,30)/t19-,21+,22?,23-/m0/s1. The highest BCUT2D eigenvalue weighted by atomic mass is 16.6. The second-order valence-electron chi connectivity index (χ2n) is 9.97. The van der Waals surface area contributed by atoms with E-state index >= 15 is 0 Å². The zero-order valence-electron chi connectivity index (χ0n) is 21.7. The molecule has 0 heterocycles. The lowest BCUT2D eigenvalue weighted by Crippen LogP contribution is -2.46. The fourth-order valence-corrected chi connectivity index (χ4v) is 3.47. The van der Waals surface area contributed by atoms with E-state index in [4.69, 9.17) is 18.9 Å². The van der Waals surface area contributed by atoms with Crippen molar-refractivity contribution >= 4 is 12.1 Å². The summed E-state index contributed by atoms with van der Waals surface area (Å²) in [6.07, 6.45) is -0.409. The number of benzene rings is 1. The molecule has 34 heavy (non-hydrogen) atoms. The third kappa shape index (κ3) is 12.3. The van der Waals surface area contributed by atoms with E-state index in [-0.39, 0.29) is 18.6 Å². The molecule has 194 valence electrons. The number of aliphatic hydroxyl groups excluding tert-OH is 1. The topological polar surface area (TPSA) is 103 Å².